The van der Waals surface area contributed by atoms with E-state index in [9.17, 15) is 22.8 Å². The van der Waals surface area contributed by atoms with Gasteiger partial charge in [-0.05, 0) is 38.0 Å². The minimum Gasteiger partial charge on any atom is -0.383 e. The Kier molecular flexibility index (Phi) is 5.20. The Bertz CT molecular complexity index is 898. The smallest absolute Gasteiger partial charge is 0.269 e. The fraction of sp³-hybridized carbons (Fsp3) is 0.471. The van der Waals surface area contributed by atoms with Gasteiger partial charge in [0.25, 0.3) is 21.8 Å². The molecule has 0 radical (unpaired) electrons. The third-order valence-corrected chi connectivity index (χ3v) is 6.49. The van der Waals surface area contributed by atoms with Gasteiger partial charge in [-0.1, -0.05) is 0 Å². The zero-order valence-electron chi connectivity index (χ0n) is 15.0. The topological polar surface area (TPSA) is 122 Å². The summed E-state index contributed by atoms with van der Waals surface area (Å²) in [5, 5.41) is 5.38. The molecule has 2 heterocycles. The fourth-order valence-corrected chi connectivity index (χ4v) is 4.73. The molecule has 2 N–H and O–H groups in total. The number of hydrogen-bond donors (Lipinski definition) is 2. The number of ether oxygens (including phenoxy) is 1. The maximum Gasteiger partial charge on any atom is 0.269 e. The minimum absolute atomic E-state index is 0.0203. The third kappa shape index (κ3) is 3.54. The molecular formula is C17H21N3O6S. The molecule has 2 unspecified atom stereocenters. The fourth-order valence-electron chi connectivity index (χ4n) is 3.15. The van der Waals surface area contributed by atoms with Crippen LogP contribution in [-0.4, -0.2) is 62.8 Å². The summed E-state index contributed by atoms with van der Waals surface area (Å²) in [5.41, 5.74) is 0.0945. The molecule has 3 rings (SSSR count). The molecular weight excluding hydrogens is 374 g/mol. The highest BCUT2D eigenvalue weighted by atomic mass is 32.2. The Labute approximate surface area is 157 Å². The lowest BCUT2D eigenvalue weighted by Gasteiger charge is -2.27. The molecule has 27 heavy (non-hydrogen) atoms. The van der Waals surface area contributed by atoms with Gasteiger partial charge in [-0.15, -0.1) is 0 Å². The Balaban J connectivity index is 1.82. The van der Waals surface area contributed by atoms with Gasteiger partial charge in [-0.25, -0.2) is 12.7 Å². The van der Waals surface area contributed by atoms with Gasteiger partial charge in [0.15, 0.2) is 0 Å². The van der Waals surface area contributed by atoms with Crippen molar-refractivity contribution >= 4 is 27.7 Å². The number of nitrogens with one attached hydrogen (secondary N) is 2. The second kappa shape index (κ2) is 7.28. The molecule has 1 aromatic carbocycles. The van der Waals surface area contributed by atoms with Gasteiger partial charge in [0.2, 0.25) is 5.91 Å². The van der Waals surface area contributed by atoms with Crippen molar-refractivity contribution < 1.29 is 27.5 Å². The van der Waals surface area contributed by atoms with Crippen molar-refractivity contribution in [1.29, 1.82) is 0 Å². The van der Waals surface area contributed by atoms with Crippen molar-refractivity contribution in [3.8, 4) is 0 Å². The largest absolute Gasteiger partial charge is 0.383 e. The molecule has 0 saturated carbocycles. The van der Waals surface area contributed by atoms with Crippen molar-refractivity contribution in [3.63, 3.8) is 0 Å². The van der Waals surface area contributed by atoms with Crippen LogP contribution in [0.3, 0.4) is 0 Å². The van der Waals surface area contributed by atoms with Crippen molar-refractivity contribution in [2.75, 3.05) is 20.3 Å². The first-order valence-corrected chi connectivity index (χ1v) is 10.0. The molecule has 0 aliphatic carbocycles. The second-order valence-electron chi connectivity index (χ2n) is 6.60. The van der Waals surface area contributed by atoms with E-state index in [1.807, 2.05) is 6.92 Å². The van der Waals surface area contributed by atoms with Gasteiger partial charge in [0.1, 0.15) is 10.9 Å². The average Bonchev–Trinajstić information content (AvgIpc) is 2.81. The summed E-state index contributed by atoms with van der Waals surface area (Å²) in [6.07, 6.45) is 1.24. The first kappa shape index (κ1) is 19.3. The second-order valence-corrected chi connectivity index (χ2v) is 8.43. The molecule has 1 saturated heterocycles. The monoisotopic (exact) mass is 395 g/mol. The number of amides is 3. The summed E-state index contributed by atoms with van der Waals surface area (Å²) in [6.45, 7) is 1.85. The van der Waals surface area contributed by atoms with Crippen LogP contribution in [0.25, 0.3) is 0 Å². The number of piperidine rings is 1. The summed E-state index contributed by atoms with van der Waals surface area (Å²) in [5.74, 6) is -1.48. The van der Waals surface area contributed by atoms with Gasteiger partial charge in [0, 0.05) is 18.7 Å². The van der Waals surface area contributed by atoms with Gasteiger partial charge in [-0.3, -0.25) is 14.4 Å². The Hall–Kier alpha value is -2.46. The number of carbonyl (C=O) groups excluding carboxylic acids is 3. The molecule has 3 amide bonds. The number of benzene rings is 1. The minimum atomic E-state index is -4.03. The Morgan fingerprint density at radius 2 is 2.07 bits per heavy atom. The number of hydrogen-bond acceptors (Lipinski definition) is 6. The quantitative estimate of drug-likeness (QED) is 0.716. The van der Waals surface area contributed by atoms with Crippen LogP contribution in [0.4, 0.5) is 0 Å². The molecule has 0 spiro atoms. The summed E-state index contributed by atoms with van der Waals surface area (Å²) >= 11 is 0. The van der Waals surface area contributed by atoms with Crippen molar-refractivity contribution in [2.24, 2.45) is 0 Å². The number of carbonyl (C=O) groups is 3. The number of nitrogens with zero attached hydrogens (tertiary/aromatic N) is 1. The van der Waals surface area contributed by atoms with E-state index in [0.717, 1.165) is 10.7 Å². The van der Waals surface area contributed by atoms with E-state index in [4.69, 9.17) is 4.74 Å². The summed E-state index contributed by atoms with van der Waals surface area (Å²) in [4.78, 5) is 36.6. The van der Waals surface area contributed by atoms with Crippen LogP contribution in [0.5, 0.6) is 0 Å². The SMILES string of the molecule is COCCN1C(=O)c2ccc(C(=O)NC3CCC(C)NC3=O)cc2S1(=O)=O. The van der Waals surface area contributed by atoms with E-state index in [-0.39, 0.29) is 41.1 Å². The van der Waals surface area contributed by atoms with Crippen molar-refractivity contribution in [3.05, 3.63) is 29.3 Å². The molecule has 1 fully saturated rings. The Morgan fingerprint density at radius 3 is 2.74 bits per heavy atom. The lowest BCUT2D eigenvalue weighted by molar-refractivity contribution is -0.125. The zero-order valence-corrected chi connectivity index (χ0v) is 15.8. The van der Waals surface area contributed by atoms with Crippen molar-refractivity contribution in [1.82, 2.24) is 14.9 Å². The van der Waals surface area contributed by atoms with E-state index in [1.54, 1.807) is 0 Å². The van der Waals surface area contributed by atoms with Crippen LogP contribution >= 0.6 is 0 Å². The lowest BCUT2D eigenvalue weighted by atomic mass is 10.0. The number of rotatable bonds is 5. The highest BCUT2D eigenvalue weighted by Gasteiger charge is 2.41. The molecule has 0 bridgehead atoms. The van der Waals surface area contributed by atoms with E-state index < -0.39 is 27.9 Å². The summed E-state index contributed by atoms with van der Waals surface area (Å²) < 4.78 is 30.8. The molecule has 0 aromatic heterocycles. The summed E-state index contributed by atoms with van der Waals surface area (Å²) in [7, 11) is -2.62. The zero-order chi connectivity index (χ0) is 19.8. The van der Waals surface area contributed by atoms with Crippen LogP contribution in [0.15, 0.2) is 23.1 Å². The molecule has 10 heteroatoms. The van der Waals surface area contributed by atoms with E-state index in [2.05, 4.69) is 10.6 Å². The van der Waals surface area contributed by atoms with Crippen molar-refractivity contribution in [2.45, 2.75) is 36.7 Å². The molecule has 146 valence electrons. The molecule has 1 aromatic rings. The Morgan fingerprint density at radius 1 is 1.33 bits per heavy atom. The highest BCUT2D eigenvalue weighted by Crippen LogP contribution is 2.30. The normalized spacial score (nSPS) is 23.7. The van der Waals surface area contributed by atoms with Crippen LogP contribution in [0, 0.1) is 0 Å². The number of sulfonamides is 1. The molecule has 2 atom stereocenters. The van der Waals surface area contributed by atoms with Crippen LogP contribution in [0.2, 0.25) is 0 Å². The molecule has 9 nitrogen and oxygen atoms in total. The maximum absolute atomic E-state index is 12.6. The lowest BCUT2D eigenvalue weighted by Crippen LogP contribution is -2.53. The third-order valence-electron chi connectivity index (χ3n) is 4.67. The van der Waals surface area contributed by atoms with Gasteiger partial charge in [-0.2, -0.15) is 0 Å². The first-order chi connectivity index (χ1) is 12.8. The van der Waals surface area contributed by atoms with Gasteiger partial charge < -0.3 is 15.4 Å². The van der Waals surface area contributed by atoms with Crippen LogP contribution in [0.1, 0.15) is 40.5 Å². The predicted octanol–water partition coefficient (Wildman–Crippen LogP) is -0.126. The van der Waals surface area contributed by atoms with Gasteiger partial charge >= 0.3 is 0 Å². The number of methoxy groups -OCH3 is 1. The predicted molar refractivity (Wildman–Crippen MR) is 94.6 cm³/mol. The van der Waals surface area contributed by atoms with Crippen LogP contribution in [-0.2, 0) is 19.6 Å². The van der Waals surface area contributed by atoms with E-state index >= 15 is 0 Å². The van der Waals surface area contributed by atoms with Crippen LogP contribution < -0.4 is 10.6 Å². The average molecular weight is 395 g/mol. The van der Waals surface area contributed by atoms with E-state index in [0.29, 0.717) is 6.42 Å². The first-order valence-electron chi connectivity index (χ1n) is 8.57. The number of fused-ring (bicyclic) bond motifs is 1. The molecule has 2 aliphatic rings. The summed E-state index contributed by atoms with van der Waals surface area (Å²) in [6, 6.07) is 3.26. The maximum atomic E-state index is 12.6. The highest BCUT2D eigenvalue weighted by molar-refractivity contribution is 7.90. The molecule has 2 aliphatic heterocycles. The van der Waals surface area contributed by atoms with Gasteiger partial charge in [0.05, 0.1) is 18.7 Å². The van der Waals surface area contributed by atoms with E-state index in [1.165, 1.54) is 25.3 Å². The standard InChI is InChI=1S/C17H21N3O6S/c1-10-3-6-13(16(22)18-10)19-15(21)11-4-5-12-14(9-11)27(24,25)20(17(12)23)7-8-26-2/h4-5,9-10,13H,3,6-8H2,1-2H3,(H,18,22)(H,19,21).